The molecular formula is C11H14N2. The summed E-state index contributed by atoms with van der Waals surface area (Å²) in [4.78, 5) is 4.56. The minimum absolute atomic E-state index is 0.802. The second-order valence-corrected chi connectivity index (χ2v) is 3.50. The van der Waals surface area contributed by atoms with E-state index in [4.69, 9.17) is 6.42 Å². The minimum atomic E-state index is 0.802. The Balaban J connectivity index is 2.12. The summed E-state index contributed by atoms with van der Waals surface area (Å²) in [6.45, 7) is 1.14. The van der Waals surface area contributed by atoms with Gasteiger partial charge in [-0.05, 0) is 12.8 Å². The van der Waals surface area contributed by atoms with Crippen molar-refractivity contribution in [2.24, 2.45) is 0 Å². The molecule has 1 aliphatic rings. The molecule has 0 bridgehead atoms. The molecule has 1 aromatic heterocycles. The third-order valence-corrected chi connectivity index (χ3v) is 2.48. The molecule has 1 aliphatic heterocycles. The van der Waals surface area contributed by atoms with Gasteiger partial charge in [-0.2, -0.15) is 0 Å². The van der Waals surface area contributed by atoms with Crippen LogP contribution in [-0.4, -0.2) is 9.55 Å². The normalized spacial score (nSPS) is 15.0. The number of rotatable bonds is 2. The van der Waals surface area contributed by atoms with Crippen molar-refractivity contribution in [1.82, 2.24) is 9.55 Å². The Hall–Kier alpha value is -1.23. The number of hydrogen-bond donors (Lipinski definition) is 0. The first-order chi connectivity index (χ1) is 6.40. The van der Waals surface area contributed by atoms with Crippen molar-refractivity contribution < 1.29 is 0 Å². The summed E-state index contributed by atoms with van der Waals surface area (Å²) in [5.41, 5.74) is 1.16. The lowest BCUT2D eigenvalue weighted by Crippen LogP contribution is -2.08. The molecule has 0 radical (unpaired) electrons. The summed E-state index contributed by atoms with van der Waals surface area (Å²) in [5, 5.41) is 0. The highest BCUT2D eigenvalue weighted by molar-refractivity contribution is 5.07. The Morgan fingerprint density at radius 3 is 3.23 bits per heavy atom. The first-order valence-electron chi connectivity index (χ1n) is 4.88. The van der Waals surface area contributed by atoms with Crippen molar-refractivity contribution >= 4 is 0 Å². The molecule has 0 saturated heterocycles. The predicted octanol–water partition coefficient (Wildman–Crippen LogP) is 1.79. The Kier molecular flexibility index (Phi) is 2.35. The van der Waals surface area contributed by atoms with Gasteiger partial charge in [-0.3, -0.25) is 0 Å². The van der Waals surface area contributed by atoms with E-state index in [2.05, 4.69) is 21.7 Å². The Morgan fingerprint density at radius 2 is 2.46 bits per heavy atom. The topological polar surface area (TPSA) is 17.8 Å². The third-order valence-electron chi connectivity index (χ3n) is 2.48. The van der Waals surface area contributed by atoms with E-state index >= 15 is 0 Å². The zero-order chi connectivity index (χ0) is 9.10. The molecular weight excluding hydrogens is 160 g/mol. The molecule has 0 fully saturated rings. The molecule has 0 unspecified atom stereocenters. The van der Waals surface area contributed by atoms with Crippen LogP contribution in [-0.2, 0) is 19.4 Å². The fraction of sp³-hybridized carbons (Fsp3) is 0.545. The fourth-order valence-corrected chi connectivity index (χ4v) is 1.79. The van der Waals surface area contributed by atoms with Gasteiger partial charge in [-0.15, -0.1) is 12.3 Å². The van der Waals surface area contributed by atoms with Gasteiger partial charge in [0.15, 0.2) is 0 Å². The van der Waals surface area contributed by atoms with E-state index in [-0.39, 0.29) is 0 Å². The monoisotopic (exact) mass is 174 g/mol. The lowest BCUT2D eigenvalue weighted by atomic mass is 10.2. The van der Waals surface area contributed by atoms with Gasteiger partial charge in [0.25, 0.3) is 0 Å². The average molecular weight is 174 g/mol. The van der Waals surface area contributed by atoms with E-state index in [1.165, 1.54) is 18.7 Å². The highest BCUT2D eigenvalue weighted by atomic mass is 15.1. The van der Waals surface area contributed by atoms with E-state index in [0.29, 0.717) is 0 Å². The van der Waals surface area contributed by atoms with Crippen molar-refractivity contribution in [3.63, 3.8) is 0 Å². The van der Waals surface area contributed by atoms with Gasteiger partial charge in [0.2, 0.25) is 0 Å². The van der Waals surface area contributed by atoms with Gasteiger partial charge < -0.3 is 4.57 Å². The molecule has 0 amide bonds. The van der Waals surface area contributed by atoms with Gasteiger partial charge in [0, 0.05) is 32.0 Å². The second-order valence-electron chi connectivity index (χ2n) is 3.50. The number of aromatic nitrogens is 2. The average Bonchev–Trinajstić information content (AvgIpc) is 2.57. The van der Waals surface area contributed by atoms with Crippen LogP contribution < -0.4 is 0 Å². The Morgan fingerprint density at radius 1 is 1.54 bits per heavy atom. The number of imidazole rings is 1. The van der Waals surface area contributed by atoms with Crippen LogP contribution in [0.25, 0.3) is 0 Å². The van der Waals surface area contributed by atoms with E-state index in [1.807, 2.05) is 0 Å². The van der Waals surface area contributed by atoms with Crippen LogP contribution >= 0.6 is 0 Å². The summed E-state index contributed by atoms with van der Waals surface area (Å²) < 4.78 is 2.27. The number of hydrogen-bond acceptors (Lipinski definition) is 1. The molecule has 0 spiro atoms. The maximum atomic E-state index is 5.21. The van der Waals surface area contributed by atoms with E-state index in [1.54, 1.807) is 0 Å². The molecule has 0 saturated carbocycles. The lowest BCUT2D eigenvalue weighted by Gasteiger charge is -2.11. The second kappa shape index (κ2) is 3.66. The molecule has 2 heterocycles. The summed E-state index contributed by atoms with van der Waals surface area (Å²) in [7, 11) is 0. The summed E-state index contributed by atoms with van der Waals surface area (Å²) in [6, 6.07) is 0. The highest BCUT2D eigenvalue weighted by Crippen LogP contribution is 2.14. The van der Waals surface area contributed by atoms with Gasteiger partial charge in [0.05, 0.1) is 5.69 Å². The van der Waals surface area contributed by atoms with Crippen molar-refractivity contribution in [3.05, 3.63) is 17.7 Å². The quantitative estimate of drug-likeness (QED) is 0.625. The van der Waals surface area contributed by atoms with E-state index < -0.39 is 0 Å². The molecule has 2 heteroatoms. The Bertz CT molecular complexity index is 307. The molecule has 2 rings (SSSR count). The molecule has 2 nitrogen and oxygen atoms in total. The molecule has 1 aromatic rings. The molecule has 13 heavy (non-hydrogen) atoms. The number of nitrogens with zero attached hydrogens (tertiary/aromatic N) is 2. The van der Waals surface area contributed by atoms with Gasteiger partial charge in [0.1, 0.15) is 5.82 Å². The zero-order valence-electron chi connectivity index (χ0n) is 7.79. The van der Waals surface area contributed by atoms with Crippen molar-refractivity contribution in [2.75, 3.05) is 0 Å². The minimum Gasteiger partial charge on any atom is -0.335 e. The smallest absolute Gasteiger partial charge is 0.108 e. The van der Waals surface area contributed by atoms with Crippen LogP contribution in [0.5, 0.6) is 0 Å². The van der Waals surface area contributed by atoms with Gasteiger partial charge in [-0.1, -0.05) is 0 Å². The molecule has 0 aromatic carbocycles. The predicted molar refractivity (Wildman–Crippen MR) is 52.3 cm³/mol. The van der Waals surface area contributed by atoms with Gasteiger partial charge in [-0.25, -0.2) is 4.98 Å². The van der Waals surface area contributed by atoms with E-state index in [9.17, 15) is 0 Å². The van der Waals surface area contributed by atoms with Crippen LogP contribution in [0.1, 0.15) is 30.8 Å². The SMILES string of the molecule is C#CCCc1cn2c(n1)CCCC2. The standard InChI is InChI=1S/C11H14N2/c1-2-3-6-10-9-13-8-5-4-7-11(13)12-10/h1,9H,3-8H2. The number of terminal acetylenes is 1. The third kappa shape index (κ3) is 1.75. The van der Waals surface area contributed by atoms with Crippen molar-refractivity contribution in [1.29, 1.82) is 0 Å². The molecule has 68 valence electrons. The van der Waals surface area contributed by atoms with Gasteiger partial charge >= 0.3 is 0 Å². The molecule has 0 atom stereocenters. The van der Waals surface area contributed by atoms with Crippen LogP contribution in [0, 0.1) is 12.3 Å². The van der Waals surface area contributed by atoms with Crippen molar-refractivity contribution in [3.8, 4) is 12.3 Å². The van der Waals surface area contributed by atoms with Crippen LogP contribution in [0.3, 0.4) is 0 Å². The summed E-state index contributed by atoms with van der Waals surface area (Å²) in [5.74, 6) is 3.90. The largest absolute Gasteiger partial charge is 0.335 e. The fourth-order valence-electron chi connectivity index (χ4n) is 1.79. The highest BCUT2D eigenvalue weighted by Gasteiger charge is 2.11. The number of fused-ring (bicyclic) bond motifs is 1. The van der Waals surface area contributed by atoms with Crippen molar-refractivity contribution in [2.45, 2.75) is 38.6 Å². The Labute approximate surface area is 79.0 Å². The van der Waals surface area contributed by atoms with Crippen LogP contribution in [0.4, 0.5) is 0 Å². The number of aryl methyl sites for hydroxylation is 3. The first kappa shape index (κ1) is 8.37. The van der Waals surface area contributed by atoms with Crippen LogP contribution in [0.15, 0.2) is 6.20 Å². The summed E-state index contributed by atoms with van der Waals surface area (Å²) >= 11 is 0. The summed E-state index contributed by atoms with van der Waals surface area (Å²) in [6.07, 6.45) is 12.8. The molecule has 0 aliphatic carbocycles. The van der Waals surface area contributed by atoms with Crippen LogP contribution in [0.2, 0.25) is 0 Å². The maximum absolute atomic E-state index is 5.21. The van der Waals surface area contributed by atoms with E-state index in [0.717, 1.165) is 31.5 Å². The first-order valence-corrected chi connectivity index (χ1v) is 4.88. The lowest BCUT2D eigenvalue weighted by molar-refractivity contribution is 0.522. The molecule has 0 N–H and O–H groups in total. The zero-order valence-corrected chi connectivity index (χ0v) is 7.79. The maximum Gasteiger partial charge on any atom is 0.108 e.